The Bertz CT molecular complexity index is 1770. The molecule has 0 aliphatic carbocycles. The molecule has 12 nitrogen and oxygen atoms in total. The summed E-state index contributed by atoms with van der Waals surface area (Å²) < 4.78 is 50.2. The molecule has 0 atom stereocenters. The van der Waals surface area contributed by atoms with Gasteiger partial charge in [0.2, 0.25) is 13.6 Å². The summed E-state index contributed by atoms with van der Waals surface area (Å²) in [5.74, 6) is 1.96. The van der Waals surface area contributed by atoms with Crippen molar-refractivity contribution < 1.29 is 32.3 Å². The lowest BCUT2D eigenvalue weighted by Gasteiger charge is -2.22. The Morgan fingerprint density at radius 1 is 0.868 bits per heavy atom. The second-order valence-electron chi connectivity index (χ2n) is 8.60. The lowest BCUT2D eigenvalue weighted by atomic mass is 10.1. The van der Waals surface area contributed by atoms with Crippen molar-refractivity contribution in [3.63, 3.8) is 0 Å². The highest BCUT2D eigenvalue weighted by molar-refractivity contribution is 7.89. The number of nitro benzene ring substituents is 1. The number of rotatable bonds is 7. The molecule has 13 heteroatoms. The minimum absolute atomic E-state index is 0.0436. The van der Waals surface area contributed by atoms with Gasteiger partial charge in [-0.15, -0.1) is 0 Å². The predicted molar refractivity (Wildman–Crippen MR) is 133 cm³/mol. The van der Waals surface area contributed by atoms with Crippen LogP contribution in [0.2, 0.25) is 0 Å². The molecular weight excluding hydrogens is 518 g/mol. The molecule has 194 valence electrons. The molecule has 0 fully saturated rings. The Hall–Kier alpha value is -4.62. The second-order valence-corrected chi connectivity index (χ2v) is 10.5. The molecule has 2 aliphatic heterocycles. The van der Waals surface area contributed by atoms with E-state index in [1.54, 1.807) is 36.4 Å². The van der Waals surface area contributed by atoms with Crippen LogP contribution in [0.25, 0.3) is 10.9 Å². The SMILES string of the molecule is O=c1[nH]c2cc3c(cc2cc1CN(Cc1ccc2c(c1)OCO2)S(=O)(=O)c1ccccc1[N+](=O)[O-])OCO3. The number of H-pyrrole nitrogens is 1. The van der Waals surface area contributed by atoms with E-state index in [-0.39, 0.29) is 32.2 Å². The number of sulfonamides is 1. The molecule has 0 amide bonds. The van der Waals surface area contributed by atoms with Crippen molar-refractivity contribution in [2.75, 3.05) is 13.6 Å². The Morgan fingerprint density at radius 3 is 2.32 bits per heavy atom. The fourth-order valence-electron chi connectivity index (χ4n) is 4.38. The first kappa shape index (κ1) is 23.8. The highest BCUT2D eigenvalue weighted by Crippen LogP contribution is 2.36. The zero-order chi connectivity index (χ0) is 26.4. The van der Waals surface area contributed by atoms with Gasteiger partial charge in [-0.05, 0) is 35.9 Å². The van der Waals surface area contributed by atoms with Crippen LogP contribution in [0.4, 0.5) is 5.69 Å². The van der Waals surface area contributed by atoms with E-state index in [2.05, 4.69) is 4.98 Å². The van der Waals surface area contributed by atoms with Gasteiger partial charge in [0.15, 0.2) is 27.9 Å². The summed E-state index contributed by atoms with van der Waals surface area (Å²) in [5.41, 5.74) is 0.0938. The first-order chi connectivity index (χ1) is 18.3. The first-order valence-corrected chi connectivity index (χ1v) is 12.8. The van der Waals surface area contributed by atoms with E-state index >= 15 is 0 Å². The summed E-state index contributed by atoms with van der Waals surface area (Å²) in [6.45, 7) is -0.450. The van der Waals surface area contributed by atoms with Crippen molar-refractivity contribution in [2.24, 2.45) is 0 Å². The number of aromatic nitrogens is 1. The van der Waals surface area contributed by atoms with Crippen molar-refractivity contribution >= 4 is 26.6 Å². The molecule has 0 bridgehead atoms. The second kappa shape index (κ2) is 9.04. The Labute approximate surface area is 215 Å². The van der Waals surface area contributed by atoms with E-state index in [1.807, 2.05) is 0 Å². The van der Waals surface area contributed by atoms with E-state index in [4.69, 9.17) is 18.9 Å². The molecule has 4 aromatic rings. The first-order valence-electron chi connectivity index (χ1n) is 11.4. The number of aromatic amines is 1. The van der Waals surface area contributed by atoms with Crippen LogP contribution in [-0.2, 0) is 23.1 Å². The van der Waals surface area contributed by atoms with Gasteiger partial charge < -0.3 is 23.9 Å². The van der Waals surface area contributed by atoms with Crippen LogP contribution in [0.5, 0.6) is 23.0 Å². The smallest absolute Gasteiger partial charge is 0.289 e. The van der Waals surface area contributed by atoms with E-state index in [1.165, 1.54) is 18.2 Å². The molecule has 2 aliphatic rings. The van der Waals surface area contributed by atoms with Gasteiger partial charge in [0, 0.05) is 36.2 Å². The van der Waals surface area contributed by atoms with Crippen LogP contribution in [0, 0.1) is 10.1 Å². The van der Waals surface area contributed by atoms with Gasteiger partial charge >= 0.3 is 0 Å². The molecule has 1 aromatic heterocycles. The van der Waals surface area contributed by atoms with Crippen molar-refractivity contribution in [3.05, 3.63) is 92.3 Å². The summed E-state index contributed by atoms with van der Waals surface area (Å²) in [6.07, 6.45) is 0. The molecule has 6 rings (SSSR count). The molecule has 0 saturated heterocycles. The topological polar surface area (TPSA) is 150 Å². The largest absolute Gasteiger partial charge is 0.454 e. The van der Waals surface area contributed by atoms with E-state index < -0.39 is 31.1 Å². The van der Waals surface area contributed by atoms with Crippen molar-refractivity contribution in [1.29, 1.82) is 0 Å². The maximum atomic E-state index is 13.8. The number of nitro groups is 1. The molecule has 0 spiro atoms. The van der Waals surface area contributed by atoms with E-state index in [9.17, 15) is 23.3 Å². The number of fused-ring (bicyclic) bond motifs is 3. The quantitative estimate of drug-likeness (QED) is 0.277. The van der Waals surface area contributed by atoms with Gasteiger partial charge in [-0.1, -0.05) is 18.2 Å². The maximum Gasteiger partial charge on any atom is 0.289 e. The fourth-order valence-corrected chi connectivity index (χ4v) is 5.95. The Kier molecular flexibility index (Phi) is 5.65. The summed E-state index contributed by atoms with van der Waals surface area (Å²) in [6, 6.07) is 14.9. The monoisotopic (exact) mass is 537 g/mol. The van der Waals surface area contributed by atoms with E-state index in [0.29, 0.717) is 39.5 Å². The summed E-state index contributed by atoms with van der Waals surface area (Å²) >= 11 is 0. The zero-order valence-electron chi connectivity index (χ0n) is 19.6. The Morgan fingerprint density at radius 2 is 1.55 bits per heavy atom. The van der Waals surface area contributed by atoms with Gasteiger partial charge in [-0.25, -0.2) is 8.42 Å². The van der Waals surface area contributed by atoms with Crippen LogP contribution >= 0.6 is 0 Å². The van der Waals surface area contributed by atoms with Crippen LogP contribution in [-0.4, -0.2) is 36.2 Å². The van der Waals surface area contributed by atoms with Crippen LogP contribution in [0.1, 0.15) is 11.1 Å². The molecule has 3 heterocycles. The fraction of sp³-hybridized carbons (Fsp3) is 0.160. The van der Waals surface area contributed by atoms with Crippen LogP contribution < -0.4 is 24.5 Å². The number of hydrogen-bond donors (Lipinski definition) is 1. The van der Waals surface area contributed by atoms with Gasteiger partial charge in [0.05, 0.1) is 10.4 Å². The number of benzene rings is 3. The number of ether oxygens (including phenoxy) is 4. The molecule has 0 saturated carbocycles. The lowest BCUT2D eigenvalue weighted by Crippen LogP contribution is -2.33. The van der Waals surface area contributed by atoms with Crippen molar-refractivity contribution in [1.82, 2.24) is 9.29 Å². The third kappa shape index (κ3) is 4.17. The summed E-state index contributed by atoms with van der Waals surface area (Å²) in [4.78, 5) is 26.2. The van der Waals surface area contributed by atoms with E-state index in [0.717, 1.165) is 10.4 Å². The number of para-hydroxylation sites is 1. The highest BCUT2D eigenvalue weighted by Gasteiger charge is 2.32. The number of hydrogen-bond acceptors (Lipinski definition) is 9. The van der Waals surface area contributed by atoms with Gasteiger partial charge in [-0.2, -0.15) is 4.31 Å². The maximum absolute atomic E-state index is 13.8. The van der Waals surface area contributed by atoms with Crippen molar-refractivity contribution in [2.45, 2.75) is 18.0 Å². The molecule has 38 heavy (non-hydrogen) atoms. The standard InChI is InChI=1S/C25H19N3O9S/c29-25-17(8-16-9-22-23(37-14-36-22)10-18(16)26-25)12-27(11-15-5-6-20-21(7-15)35-13-34-20)38(32,33)24-4-2-1-3-19(24)28(30)31/h1-10H,11-14H2,(H,26,29). The van der Waals surface area contributed by atoms with Gasteiger partial charge in [-0.3, -0.25) is 14.9 Å². The molecule has 3 aromatic carbocycles. The Balaban J connectivity index is 1.44. The lowest BCUT2D eigenvalue weighted by molar-refractivity contribution is -0.387. The minimum atomic E-state index is -4.44. The summed E-state index contributed by atoms with van der Waals surface area (Å²) in [7, 11) is -4.44. The molecule has 1 N–H and O–H groups in total. The average molecular weight is 538 g/mol. The van der Waals surface area contributed by atoms with Crippen LogP contribution in [0.15, 0.2) is 70.4 Å². The number of nitrogens with zero attached hydrogens (tertiary/aromatic N) is 2. The van der Waals surface area contributed by atoms with Gasteiger partial charge in [0.1, 0.15) is 0 Å². The number of nitrogens with one attached hydrogen (secondary N) is 1. The minimum Gasteiger partial charge on any atom is -0.454 e. The summed E-state index contributed by atoms with van der Waals surface area (Å²) in [5, 5.41) is 12.3. The predicted octanol–water partition coefficient (Wildman–Crippen LogP) is 3.28. The zero-order valence-corrected chi connectivity index (χ0v) is 20.4. The van der Waals surface area contributed by atoms with Crippen molar-refractivity contribution in [3.8, 4) is 23.0 Å². The molecular formula is C25H19N3O9S. The van der Waals surface area contributed by atoms with Crippen LogP contribution in [0.3, 0.4) is 0 Å². The molecule has 0 radical (unpaired) electrons. The third-order valence-corrected chi connectivity index (χ3v) is 8.08. The number of pyridine rings is 1. The van der Waals surface area contributed by atoms with Gasteiger partial charge in [0.25, 0.3) is 21.3 Å². The average Bonchev–Trinajstić information content (AvgIpc) is 3.56. The molecule has 0 unspecified atom stereocenters. The normalized spacial score (nSPS) is 13.8. The highest BCUT2D eigenvalue weighted by atomic mass is 32.2. The third-order valence-electron chi connectivity index (χ3n) is 6.24.